The normalized spacial score (nSPS) is 23.6. The summed E-state index contributed by atoms with van der Waals surface area (Å²) in [6, 6.07) is 5.23. The van der Waals surface area contributed by atoms with Crippen molar-refractivity contribution in [3.05, 3.63) is 53.2 Å². The highest BCUT2D eigenvalue weighted by Crippen LogP contribution is 2.38. The maximum absolute atomic E-state index is 15.5. The monoisotopic (exact) mass is 490 g/mol. The summed E-state index contributed by atoms with van der Waals surface area (Å²) in [5.41, 5.74) is 0.351. The Hall–Kier alpha value is -2.71. The molecule has 1 amide bonds. The first kappa shape index (κ1) is 24.0. The van der Waals surface area contributed by atoms with E-state index in [1.54, 1.807) is 0 Å². The number of carbonyl (C=O) groups is 1. The molecule has 1 aliphatic carbocycles. The molecule has 2 aromatic rings. The summed E-state index contributed by atoms with van der Waals surface area (Å²) >= 11 is 0. The van der Waals surface area contributed by atoms with Gasteiger partial charge in [0.05, 0.1) is 17.3 Å². The van der Waals surface area contributed by atoms with E-state index in [0.717, 1.165) is 37.9 Å². The summed E-state index contributed by atoms with van der Waals surface area (Å²) in [6.45, 7) is 1.32. The fraction of sp³-hybridized carbons (Fsp3) is 0.577. The number of hydrogen-bond acceptors (Lipinski definition) is 4. The molecule has 0 bridgehead atoms. The van der Waals surface area contributed by atoms with Crippen LogP contribution in [0.4, 0.5) is 23.4 Å². The Labute approximate surface area is 202 Å². The van der Waals surface area contributed by atoms with Gasteiger partial charge in [0.15, 0.2) is 11.6 Å². The van der Waals surface area contributed by atoms with Crippen molar-refractivity contribution in [1.29, 1.82) is 0 Å². The molecule has 9 heteroatoms. The number of amides is 1. The van der Waals surface area contributed by atoms with E-state index in [-0.39, 0.29) is 23.7 Å². The van der Waals surface area contributed by atoms with Crippen LogP contribution in [0.25, 0.3) is 0 Å². The SMILES string of the molecule is O=C1CC(CCc2ncnc(N3CCCC3c3ccc(C(F)(F)F)cc3)c2F)CN1C1CCCC1. The van der Waals surface area contributed by atoms with Crippen LogP contribution in [0.1, 0.15) is 74.2 Å². The molecule has 2 atom stereocenters. The van der Waals surface area contributed by atoms with Crippen molar-refractivity contribution in [3.8, 4) is 0 Å². The molecule has 5 rings (SSSR count). The molecule has 1 saturated carbocycles. The Bertz CT molecular complexity index is 1050. The zero-order chi connectivity index (χ0) is 24.6. The third kappa shape index (κ3) is 5.00. The molecule has 0 N–H and O–H groups in total. The lowest BCUT2D eigenvalue weighted by molar-refractivity contribution is -0.137. The van der Waals surface area contributed by atoms with Gasteiger partial charge in [0.2, 0.25) is 5.91 Å². The lowest BCUT2D eigenvalue weighted by Crippen LogP contribution is -2.34. The second-order valence-electron chi connectivity index (χ2n) is 10.0. The minimum absolute atomic E-state index is 0.201. The minimum atomic E-state index is -4.39. The Balaban J connectivity index is 1.27. The first-order chi connectivity index (χ1) is 16.8. The Morgan fingerprint density at radius 1 is 0.971 bits per heavy atom. The van der Waals surface area contributed by atoms with Crippen LogP contribution in [-0.2, 0) is 17.4 Å². The number of benzene rings is 1. The third-order valence-corrected chi connectivity index (χ3v) is 7.78. The van der Waals surface area contributed by atoms with Crippen molar-refractivity contribution < 1.29 is 22.4 Å². The molecule has 1 aromatic carbocycles. The van der Waals surface area contributed by atoms with Crippen LogP contribution in [-0.4, -0.2) is 39.9 Å². The summed E-state index contributed by atoms with van der Waals surface area (Å²) in [7, 11) is 0. The van der Waals surface area contributed by atoms with Crippen molar-refractivity contribution in [2.45, 2.75) is 76.0 Å². The number of rotatable bonds is 6. The number of carbonyl (C=O) groups excluding carboxylic acids is 1. The van der Waals surface area contributed by atoms with E-state index in [0.29, 0.717) is 49.5 Å². The summed E-state index contributed by atoms with van der Waals surface area (Å²) in [4.78, 5) is 24.7. The number of nitrogens with zero attached hydrogens (tertiary/aromatic N) is 4. The summed E-state index contributed by atoms with van der Waals surface area (Å²) in [5.74, 6) is 0.144. The zero-order valence-electron chi connectivity index (χ0n) is 19.6. The molecule has 5 nitrogen and oxygen atoms in total. The van der Waals surface area contributed by atoms with Gasteiger partial charge in [0.1, 0.15) is 6.33 Å². The summed E-state index contributed by atoms with van der Waals surface area (Å²) < 4.78 is 54.3. The molecule has 35 heavy (non-hydrogen) atoms. The van der Waals surface area contributed by atoms with E-state index in [1.807, 2.05) is 9.80 Å². The van der Waals surface area contributed by atoms with Gasteiger partial charge in [-0.3, -0.25) is 4.79 Å². The van der Waals surface area contributed by atoms with E-state index in [9.17, 15) is 18.0 Å². The molecule has 3 heterocycles. The van der Waals surface area contributed by atoms with Crippen LogP contribution in [0.5, 0.6) is 0 Å². The molecule has 0 radical (unpaired) electrons. The molecule has 2 aliphatic heterocycles. The van der Waals surface area contributed by atoms with Gasteiger partial charge in [0, 0.05) is 25.6 Å². The second kappa shape index (κ2) is 9.74. The van der Waals surface area contributed by atoms with Crippen molar-refractivity contribution in [3.63, 3.8) is 0 Å². The number of alkyl halides is 3. The molecule has 3 fully saturated rings. The zero-order valence-corrected chi connectivity index (χ0v) is 19.6. The van der Waals surface area contributed by atoms with Gasteiger partial charge < -0.3 is 9.80 Å². The fourth-order valence-corrected chi connectivity index (χ4v) is 5.94. The Morgan fingerprint density at radius 2 is 1.71 bits per heavy atom. The van der Waals surface area contributed by atoms with Crippen molar-refractivity contribution >= 4 is 11.7 Å². The number of likely N-dealkylation sites (tertiary alicyclic amines) is 1. The van der Waals surface area contributed by atoms with Crippen molar-refractivity contribution in [2.75, 3.05) is 18.0 Å². The lowest BCUT2D eigenvalue weighted by Gasteiger charge is -2.27. The maximum Gasteiger partial charge on any atom is 0.416 e. The highest BCUT2D eigenvalue weighted by molar-refractivity contribution is 5.79. The number of aromatic nitrogens is 2. The highest BCUT2D eigenvalue weighted by Gasteiger charge is 2.36. The summed E-state index contributed by atoms with van der Waals surface area (Å²) in [5, 5.41) is 0. The smallest absolute Gasteiger partial charge is 0.347 e. The topological polar surface area (TPSA) is 49.3 Å². The Morgan fingerprint density at radius 3 is 2.43 bits per heavy atom. The van der Waals surface area contributed by atoms with Gasteiger partial charge in [-0.25, -0.2) is 14.4 Å². The Kier molecular flexibility index (Phi) is 6.68. The van der Waals surface area contributed by atoms with E-state index in [2.05, 4.69) is 9.97 Å². The average Bonchev–Trinajstić information content (AvgIpc) is 3.59. The lowest BCUT2D eigenvalue weighted by atomic mass is 10.0. The van der Waals surface area contributed by atoms with Gasteiger partial charge in [-0.15, -0.1) is 0 Å². The largest absolute Gasteiger partial charge is 0.416 e. The number of aryl methyl sites for hydroxylation is 1. The standard InChI is InChI=1S/C26H30F4N4O/c27-24-21(12-7-17-14-23(35)34(15-17)20-4-1-2-5-20)31-16-32-25(24)33-13-3-6-22(33)18-8-10-19(11-9-18)26(28,29)30/h8-11,16-17,20,22H,1-7,12-15H2. The molecule has 3 aliphatic rings. The van der Waals surface area contributed by atoms with E-state index in [1.165, 1.54) is 31.3 Å². The molecular weight excluding hydrogens is 460 g/mol. The predicted octanol–water partition coefficient (Wildman–Crippen LogP) is 5.70. The summed E-state index contributed by atoms with van der Waals surface area (Å²) in [6.07, 6.45) is 4.63. The van der Waals surface area contributed by atoms with Gasteiger partial charge >= 0.3 is 6.18 Å². The first-order valence-electron chi connectivity index (χ1n) is 12.5. The van der Waals surface area contributed by atoms with E-state index < -0.39 is 17.6 Å². The fourth-order valence-electron chi connectivity index (χ4n) is 5.94. The maximum atomic E-state index is 15.5. The van der Waals surface area contributed by atoms with E-state index in [4.69, 9.17) is 0 Å². The molecular formula is C26H30F4N4O. The number of hydrogen-bond donors (Lipinski definition) is 0. The van der Waals surface area contributed by atoms with Gasteiger partial charge in [-0.1, -0.05) is 25.0 Å². The van der Waals surface area contributed by atoms with Crippen LogP contribution in [0.2, 0.25) is 0 Å². The van der Waals surface area contributed by atoms with Crippen LogP contribution in [0, 0.1) is 11.7 Å². The molecule has 0 spiro atoms. The first-order valence-corrected chi connectivity index (χ1v) is 12.5. The quantitative estimate of drug-likeness (QED) is 0.488. The van der Waals surface area contributed by atoms with Gasteiger partial charge in [0.25, 0.3) is 0 Å². The molecule has 2 unspecified atom stereocenters. The van der Waals surface area contributed by atoms with Crippen molar-refractivity contribution in [1.82, 2.24) is 14.9 Å². The van der Waals surface area contributed by atoms with Gasteiger partial charge in [-0.05, 0) is 62.1 Å². The van der Waals surface area contributed by atoms with Crippen LogP contribution >= 0.6 is 0 Å². The van der Waals surface area contributed by atoms with Crippen LogP contribution in [0.15, 0.2) is 30.6 Å². The van der Waals surface area contributed by atoms with Gasteiger partial charge in [-0.2, -0.15) is 13.2 Å². The predicted molar refractivity (Wildman–Crippen MR) is 123 cm³/mol. The minimum Gasteiger partial charge on any atom is -0.347 e. The van der Waals surface area contributed by atoms with Crippen LogP contribution in [0.3, 0.4) is 0 Å². The van der Waals surface area contributed by atoms with Crippen LogP contribution < -0.4 is 4.90 Å². The molecule has 2 saturated heterocycles. The third-order valence-electron chi connectivity index (χ3n) is 7.78. The molecule has 1 aromatic heterocycles. The van der Waals surface area contributed by atoms with Crippen molar-refractivity contribution in [2.24, 2.45) is 5.92 Å². The number of halogens is 4. The average molecular weight is 491 g/mol. The number of anilines is 1. The second-order valence-corrected chi connectivity index (χ2v) is 10.0. The van der Waals surface area contributed by atoms with E-state index >= 15 is 4.39 Å². The highest BCUT2D eigenvalue weighted by atomic mass is 19.4. The molecule has 188 valence electrons.